The Bertz CT molecular complexity index is 700. The predicted molar refractivity (Wildman–Crippen MR) is 88.5 cm³/mol. The zero-order chi connectivity index (χ0) is 14.6. The van der Waals surface area contributed by atoms with Crippen LogP contribution in [0.15, 0.2) is 45.3 Å². The molecule has 2 aromatic carbocycles. The second kappa shape index (κ2) is 4.85. The van der Waals surface area contributed by atoms with Crippen LogP contribution in [-0.4, -0.2) is 11.8 Å². The summed E-state index contributed by atoms with van der Waals surface area (Å²) in [4.78, 5) is 13.6. The topological polar surface area (TPSA) is 29.5 Å². The maximum atomic E-state index is 11.4. The number of hydrogen-bond acceptors (Lipinski definition) is 3. The van der Waals surface area contributed by atoms with Crippen molar-refractivity contribution in [2.45, 2.75) is 18.9 Å². The van der Waals surface area contributed by atoms with Crippen LogP contribution < -0.4 is 9.64 Å². The molecule has 4 rings (SSSR count). The monoisotopic (exact) mass is 407 g/mol. The number of halogens is 2. The number of hydrogen-bond donors (Lipinski definition) is 0. The van der Waals surface area contributed by atoms with Crippen molar-refractivity contribution in [3.63, 3.8) is 0 Å². The maximum Gasteiger partial charge on any atom is 0.152 e. The van der Waals surface area contributed by atoms with Gasteiger partial charge in [0.1, 0.15) is 5.78 Å². The quantitative estimate of drug-likeness (QED) is 0.650. The fraction of sp³-hybridized carbons (Fsp3) is 0.188. The average Bonchev–Trinajstić information content (AvgIpc) is 2.41. The smallest absolute Gasteiger partial charge is 0.152 e. The van der Waals surface area contributed by atoms with Gasteiger partial charge in [0.05, 0.1) is 11.4 Å². The summed E-state index contributed by atoms with van der Waals surface area (Å²) in [5.41, 5.74) is 2.04. The zero-order valence-electron chi connectivity index (χ0n) is 11.0. The number of nitrogens with zero attached hydrogens (tertiary/aromatic N) is 1. The number of carbonyl (C=O) groups excluding carboxylic acids is 1. The average molecular weight is 409 g/mol. The van der Waals surface area contributed by atoms with Gasteiger partial charge in [0.25, 0.3) is 0 Å². The van der Waals surface area contributed by atoms with E-state index in [9.17, 15) is 4.79 Å². The lowest BCUT2D eigenvalue weighted by molar-refractivity contribution is -0.124. The molecule has 1 fully saturated rings. The summed E-state index contributed by atoms with van der Waals surface area (Å²) in [5, 5.41) is 0. The molecule has 2 aromatic rings. The molecule has 106 valence electrons. The number of fused-ring (bicyclic) bond motifs is 2. The fourth-order valence-corrected chi connectivity index (χ4v) is 3.51. The van der Waals surface area contributed by atoms with E-state index in [4.69, 9.17) is 4.74 Å². The Morgan fingerprint density at radius 3 is 1.95 bits per heavy atom. The Hall–Kier alpha value is -1.33. The van der Waals surface area contributed by atoms with Gasteiger partial charge in [-0.15, -0.1) is 0 Å². The van der Waals surface area contributed by atoms with Crippen LogP contribution in [0.2, 0.25) is 0 Å². The van der Waals surface area contributed by atoms with Crippen molar-refractivity contribution in [1.82, 2.24) is 0 Å². The largest absolute Gasteiger partial charge is 0.453 e. The third-order valence-corrected chi connectivity index (χ3v) is 4.86. The first-order valence-electron chi connectivity index (χ1n) is 6.70. The first-order valence-corrected chi connectivity index (χ1v) is 8.28. The Morgan fingerprint density at radius 2 is 1.48 bits per heavy atom. The first-order chi connectivity index (χ1) is 10.1. The highest BCUT2D eigenvalue weighted by atomic mass is 79.9. The summed E-state index contributed by atoms with van der Waals surface area (Å²) >= 11 is 6.96. The van der Waals surface area contributed by atoms with Crippen molar-refractivity contribution < 1.29 is 9.53 Å². The van der Waals surface area contributed by atoms with Crippen molar-refractivity contribution in [2.24, 2.45) is 0 Å². The number of carbonyl (C=O) groups is 1. The summed E-state index contributed by atoms with van der Waals surface area (Å²) in [6, 6.07) is 12.2. The molecule has 1 heterocycles. The molecule has 0 radical (unpaired) electrons. The number of rotatable bonds is 1. The molecule has 21 heavy (non-hydrogen) atoms. The van der Waals surface area contributed by atoms with E-state index in [-0.39, 0.29) is 6.04 Å². The molecule has 0 atom stereocenters. The van der Waals surface area contributed by atoms with E-state index < -0.39 is 0 Å². The number of ether oxygens (including phenoxy) is 1. The van der Waals surface area contributed by atoms with Gasteiger partial charge in [-0.25, -0.2) is 0 Å². The molecule has 2 aliphatic rings. The third-order valence-electron chi connectivity index (χ3n) is 3.87. The van der Waals surface area contributed by atoms with Gasteiger partial charge in [0, 0.05) is 27.8 Å². The van der Waals surface area contributed by atoms with Crippen molar-refractivity contribution in [2.75, 3.05) is 4.90 Å². The molecule has 1 aliphatic carbocycles. The molecular formula is C16H11Br2NO2. The van der Waals surface area contributed by atoms with Crippen molar-refractivity contribution in [1.29, 1.82) is 0 Å². The highest BCUT2D eigenvalue weighted by molar-refractivity contribution is 9.10. The van der Waals surface area contributed by atoms with Gasteiger partial charge in [0.15, 0.2) is 11.5 Å². The minimum Gasteiger partial charge on any atom is -0.453 e. The highest BCUT2D eigenvalue weighted by Gasteiger charge is 2.37. The van der Waals surface area contributed by atoms with E-state index in [0.717, 1.165) is 31.8 Å². The second-order valence-corrected chi connectivity index (χ2v) is 7.13. The van der Waals surface area contributed by atoms with Crippen LogP contribution in [0, 0.1) is 0 Å². The van der Waals surface area contributed by atoms with Gasteiger partial charge >= 0.3 is 0 Å². The molecule has 0 aromatic heterocycles. The predicted octanol–water partition coefficient (Wildman–Crippen LogP) is 5.19. The van der Waals surface area contributed by atoms with Gasteiger partial charge in [0.2, 0.25) is 0 Å². The van der Waals surface area contributed by atoms with Gasteiger partial charge in [-0.2, -0.15) is 0 Å². The van der Waals surface area contributed by atoms with E-state index in [1.807, 2.05) is 36.4 Å². The van der Waals surface area contributed by atoms with E-state index in [0.29, 0.717) is 18.6 Å². The van der Waals surface area contributed by atoms with E-state index >= 15 is 0 Å². The lowest BCUT2D eigenvalue weighted by Gasteiger charge is -2.41. The van der Waals surface area contributed by atoms with Gasteiger partial charge in [-0.05, 0) is 36.4 Å². The number of ketones is 1. The molecule has 0 bridgehead atoms. The standard InChI is InChI=1S/C16H11Br2NO2/c17-9-1-3-13-15(5-9)21-16-6-10(18)2-4-14(16)19(13)11-7-12(20)8-11/h1-6,11H,7-8H2. The van der Waals surface area contributed by atoms with Gasteiger partial charge in [-0.3, -0.25) is 4.79 Å². The normalized spacial score (nSPS) is 16.9. The Morgan fingerprint density at radius 1 is 0.952 bits per heavy atom. The molecule has 3 nitrogen and oxygen atoms in total. The first kappa shape index (κ1) is 13.3. The molecule has 0 saturated heterocycles. The lowest BCUT2D eigenvalue weighted by atomic mass is 9.88. The molecule has 0 N–H and O–H groups in total. The minimum absolute atomic E-state index is 0.223. The Balaban J connectivity index is 1.87. The Kier molecular flexibility index (Phi) is 3.08. The molecular weight excluding hydrogens is 398 g/mol. The molecule has 0 amide bonds. The summed E-state index contributed by atoms with van der Waals surface area (Å²) < 4.78 is 7.98. The van der Waals surface area contributed by atoms with Gasteiger partial charge < -0.3 is 9.64 Å². The summed E-state index contributed by atoms with van der Waals surface area (Å²) in [5.74, 6) is 1.95. The summed E-state index contributed by atoms with van der Waals surface area (Å²) in [6.45, 7) is 0. The number of Topliss-reactive ketones (excluding diaryl/α,β-unsaturated/α-hetero) is 1. The second-order valence-electron chi connectivity index (χ2n) is 5.30. The van der Waals surface area contributed by atoms with Crippen LogP contribution in [0.4, 0.5) is 11.4 Å². The van der Waals surface area contributed by atoms with Crippen molar-refractivity contribution >= 4 is 49.0 Å². The zero-order valence-corrected chi connectivity index (χ0v) is 14.1. The lowest BCUT2D eigenvalue weighted by Crippen LogP contribution is -2.43. The summed E-state index contributed by atoms with van der Waals surface area (Å²) in [6.07, 6.45) is 1.20. The van der Waals surface area contributed by atoms with Crippen molar-refractivity contribution in [3.05, 3.63) is 45.3 Å². The fourth-order valence-electron chi connectivity index (χ4n) is 2.83. The highest BCUT2D eigenvalue weighted by Crippen LogP contribution is 2.50. The Labute approximate surface area is 139 Å². The number of anilines is 2. The van der Waals surface area contributed by atoms with Crippen LogP contribution in [0.25, 0.3) is 0 Å². The molecule has 0 unspecified atom stereocenters. The van der Waals surface area contributed by atoms with Crippen LogP contribution in [0.3, 0.4) is 0 Å². The molecule has 1 saturated carbocycles. The van der Waals surface area contributed by atoms with Crippen LogP contribution in [0.5, 0.6) is 11.5 Å². The molecule has 5 heteroatoms. The summed E-state index contributed by atoms with van der Waals surface area (Å²) in [7, 11) is 0. The third kappa shape index (κ3) is 2.19. The SMILES string of the molecule is O=C1CC(N2c3ccc(Br)cc3Oc3cc(Br)ccc32)C1. The number of benzene rings is 2. The van der Waals surface area contributed by atoms with E-state index in [1.165, 1.54) is 0 Å². The van der Waals surface area contributed by atoms with E-state index in [2.05, 4.69) is 36.8 Å². The minimum atomic E-state index is 0.223. The molecule has 1 aliphatic heterocycles. The van der Waals surface area contributed by atoms with E-state index in [1.54, 1.807) is 0 Å². The van der Waals surface area contributed by atoms with Gasteiger partial charge in [-0.1, -0.05) is 31.9 Å². The van der Waals surface area contributed by atoms with Crippen LogP contribution in [-0.2, 0) is 4.79 Å². The van der Waals surface area contributed by atoms with Crippen LogP contribution in [0.1, 0.15) is 12.8 Å². The van der Waals surface area contributed by atoms with Crippen LogP contribution >= 0.6 is 31.9 Å². The van der Waals surface area contributed by atoms with Crippen molar-refractivity contribution in [3.8, 4) is 11.5 Å². The molecule has 0 spiro atoms. The maximum absolute atomic E-state index is 11.4.